The summed E-state index contributed by atoms with van der Waals surface area (Å²) in [5, 5.41) is 3.48. The van der Waals surface area contributed by atoms with E-state index < -0.39 is 0 Å². The van der Waals surface area contributed by atoms with E-state index in [2.05, 4.69) is 63.8 Å². The molecule has 2 unspecified atom stereocenters. The molecule has 1 aliphatic heterocycles. The second-order valence-corrected chi connectivity index (χ2v) is 7.18. The van der Waals surface area contributed by atoms with Crippen molar-refractivity contribution in [3.05, 3.63) is 0 Å². The van der Waals surface area contributed by atoms with E-state index in [0.29, 0.717) is 5.92 Å². The van der Waals surface area contributed by atoms with Crippen LogP contribution in [-0.2, 0) is 4.79 Å². The molecule has 0 aliphatic carbocycles. The Morgan fingerprint density at radius 2 is 1.95 bits per heavy atom. The molecular weight excluding hydrogens is 238 g/mol. The Balaban J connectivity index is 2.80. The van der Waals surface area contributed by atoms with Crippen LogP contribution in [0.1, 0.15) is 41.0 Å². The molecule has 0 spiro atoms. The van der Waals surface area contributed by atoms with Crippen LogP contribution in [-0.4, -0.2) is 55.1 Å². The topological polar surface area (TPSA) is 35.6 Å². The summed E-state index contributed by atoms with van der Waals surface area (Å²) in [7, 11) is 4.17. The molecule has 1 N–H and O–H groups in total. The third-order valence-corrected chi connectivity index (χ3v) is 3.67. The van der Waals surface area contributed by atoms with Gasteiger partial charge >= 0.3 is 0 Å². The van der Waals surface area contributed by atoms with Gasteiger partial charge in [0.05, 0.1) is 12.2 Å². The van der Waals surface area contributed by atoms with Gasteiger partial charge in [0.25, 0.3) is 0 Å². The maximum Gasteiger partial charge on any atom is 0.241 e. The predicted octanol–water partition coefficient (Wildman–Crippen LogP) is 1.77. The summed E-state index contributed by atoms with van der Waals surface area (Å²) in [6.45, 7) is 12.7. The minimum absolute atomic E-state index is 0.00237. The first-order valence-corrected chi connectivity index (χ1v) is 7.39. The Hall–Kier alpha value is -0.610. The molecule has 1 rings (SSSR count). The Morgan fingerprint density at radius 3 is 2.37 bits per heavy atom. The van der Waals surface area contributed by atoms with E-state index in [-0.39, 0.29) is 23.5 Å². The molecule has 2 atom stereocenters. The Kier molecular flexibility index (Phi) is 5.39. The van der Waals surface area contributed by atoms with Crippen molar-refractivity contribution in [1.29, 1.82) is 0 Å². The van der Waals surface area contributed by atoms with Gasteiger partial charge in [0, 0.05) is 13.1 Å². The van der Waals surface area contributed by atoms with Crippen LogP contribution in [0.15, 0.2) is 0 Å². The molecule has 0 aromatic carbocycles. The average molecular weight is 269 g/mol. The molecule has 19 heavy (non-hydrogen) atoms. The molecule has 4 heteroatoms. The first kappa shape index (κ1) is 16.4. The fourth-order valence-corrected chi connectivity index (χ4v) is 3.09. The second-order valence-electron chi connectivity index (χ2n) is 7.18. The van der Waals surface area contributed by atoms with Crippen LogP contribution in [0.2, 0.25) is 0 Å². The minimum Gasteiger partial charge on any atom is -0.325 e. The quantitative estimate of drug-likeness (QED) is 0.798. The summed E-state index contributed by atoms with van der Waals surface area (Å²) >= 11 is 0. The predicted molar refractivity (Wildman–Crippen MR) is 79.9 cm³/mol. The van der Waals surface area contributed by atoms with Gasteiger partial charge < -0.3 is 9.80 Å². The van der Waals surface area contributed by atoms with E-state index in [9.17, 15) is 4.79 Å². The van der Waals surface area contributed by atoms with Crippen molar-refractivity contribution in [3.63, 3.8) is 0 Å². The van der Waals surface area contributed by atoms with E-state index in [1.807, 2.05) is 0 Å². The fourth-order valence-electron chi connectivity index (χ4n) is 3.09. The molecular formula is C15H31N3O. The lowest BCUT2D eigenvalue weighted by Gasteiger charge is -2.36. The van der Waals surface area contributed by atoms with Gasteiger partial charge in [0.2, 0.25) is 5.91 Å². The number of hydrogen-bond acceptors (Lipinski definition) is 3. The van der Waals surface area contributed by atoms with Crippen LogP contribution in [0.25, 0.3) is 0 Å². The van der Waals surface area contributed by atoms with Gasteiger partial charge in [-0.2, -0.15) is 0 Å². The smallest absolute Gasteiger partial charge is 0.241 e. The number of amides is 1. The number of hydrogen-bond donors (Lipinski definition) is 1. The molecule has 1 heterocycles. The van der Waals surface area contributed by atoms with Crippen LogP contribution in [0.5, 0.6) is 0 Å². The Labute approximate surface area is 118 Å². The van der Waals surface area contributed by atoms with Crippen molar-refractivity contribution < 1.29 is 4.79 Å². The van der Waals surface area contributed by atoms with Crippen molar-refractivity contribution in [3.8, 4) is 0 Å². The summed E-state index contributed by atoms with van der Waals surface area (Å²) < 4.78 is 0. The van der Waals surface area contributed by atoms with Crippen molar-refractivity contribution >= 4 is 5.91 Å². The lowest BCUT2D eigenvalue weighted by Crippen LogP contribution is -2.47. The molecule has 0 bridgehead atoms. The number of nitrogens with one attached hydrogen (secondary N) is 1. The lowest BCUT2D eigenvalue weighted by molar-refractivity contribution is -0.132. The minimum atomic E-state index is 0.00237. The summed E-state index contributed by atoms with van der Waals surface area (Å²) in [6.07, 6.45) is 1.05. The summed E-state index contributed by atoms with van der Waals surface area (Å²) in [6, 6.07) is 0.00237. The van der Waals surface area contributed by atoms with Gasteiger partial charge in [-0.25, -0.2) is 0 Å². The highest BCUT2D eigenvalue weighted by molar-refractivity contribution is 5.84. The molecule has 0 aromatic rings. The maximum absolute atomic E-state index is 12.5. The number of carbonyl (C=O) groups excluding carboxylic acids is 1. The van der Waals surface area contributed by atoms with Gasteiger partial charge in [0.15, 0.2) is 0 Å². The molecule has 4 nitrogen and oxygen atoms in total. The summed E-state index contributed by atoms with van der Waals surface area (Å²) in [5.74, 6) is 0.712. The van der Waals surface area contributed by atoms with Gasteiger partial charge in [0.1, 0.15) is 0 Å². The largest absolute Gasteiger partial charge is 0.325 e. The average Bonchev–Trinajstić information content (AvgIpc) is 2.54. The molecule has 0 radical (unpaired) electrons. The van der Waals surface area contributed by atoms with Crippen molar-refractivity contribution in [2.24, 2.45) is 11.3 Å². The highest BCUT2D eigenvalue weighted by Gasteiger charge is 2.41. The Bertz CT molecular complexity index is 313. The molecule has 1 aliphatic rings. The molecule has 0 saturated carbocycles. The second kappa shape index (κ2) is 6.23. The maximum atomic E-state index is 12.5. The fraction of sp³-hybridized carbons (Fsp3) is 0.933. The lowest BCUT2D eigenvalue weighted by atomic mass is 9.91. The van der Waals surface area contributed by atoms with Gasteiger partial charge in [-0.05, 0) is 31.8 Å². The first-order chi connectivity index (χ1) is 8.68. The molecule has 112 valence electrons. The zero-order valence-electron chi connectivity index (χ0n) is 13.7. The number of rotatable bonds is 6. The summed E-state index contributed by atoms with van der Waals surface area (Å²) in [4.78, 5) is 16.7. The standard InChI is InChI=1S/C15H31N3O/c1-8-12-14(19)18(13(16-12)11(2)3)10-15(4,5)9-17(6)7/h11-13,16H,8-10H2,1-7H3. The molecule has 1 fully saturated rings. The van der Waals surface area contributed by atoms with Gasteiger partial charge in [-0.3, -0.25) is 10.1 Å². The van der Waals surface area contributed by atoms with E-state index in [4.69, 9.17) is 0 Å². The zero-order valence-corrected chi connectivity index (χ0v) is 13.7. The highest BCUT2D eigenvalue weighted by atomic mass is 16.2. The molecule has 1 amide bonds. The van der Waals surface area contributed by atoms with Crippen molar-refractivity contribution in [2.75, 3.05) is 27.2 Å². The van der Waals surface area contributed by atoms with Gasteiger partial charge in [-0.1, -0.05) is 34.6 Å². The Morgan fingerprint density at radius 1 is 1.37 bits per heavy atom. The van der Waals surface area contributed by atoms with Crippen molar-refractivity contribution in [2.45, 2.75) is 53.2 Å². The SMILES string of the molecule is CCC1NC(C(C)C)N(CC(C)(C)CN(C)C)C1=O. The monoisotopic (exact) mass is 269 g/mol. The van der Waals surface area contributed by atoms with Crippen LogP contribution >= 0.6 is 0 Å². The van der Waals surface area contributed by atoms with Crippen LogP contribution in [0, 0.1) is 11.3 Å². The molecule has 1 saturated heterocycles. The van der Waals surface area contributed by atoms with Crippen LogP contribution in [0.4, 0.5) is 0 Å². The van der Waals surface area contributed by atoms with E-state index >= 15 is 0 Å². The zero-order chi connectivity index (χ0) is 14.8. The number of nitrogens with zero attached hydrogens (tertiary/aromatic N) is 2. The number of carbonyl (C=O) groups is 1. The first-order valence-electron chi connectivity index (χ1n) is 7.39. The third kappa shape index (κ3) is 4.18. The van der Waals surface area contributed by atoms with E-state index in [0.717, 1.165) is 19.5 Å². The van der Waals surface area contributed by atoms with Crippen molar-refractivity contribution in [1.82, 2.24) is 15.1 Å². The van der Waals surface area contributed by atoms with Gasteiger partial charge in [-0.15, -0.1) is 0 Å². The van der Waals surface area contributed by atoms with Crippen LogP contribution < -0.4 is 5.32 Å². The van der Waals surface area contributed by atoms with Crippen LogP contribution in [0.3, 0.4) is 0 Å². The van der Waals surface area contributed by atoms with E-state index in [1.54, 1.807) is 0 Å². The highest BCUT2D eigenvalue weighted by Crippen LogP contribution is 2.25. The van der Waals surface area contributed by atoms with E-state index in [1.165, 1.54) is 0 Å². The summed E-state index contributed by atoms with van der Waals surface area (Å²) in [5.41, 5.74) is 0.108. The normalized spacial score (nSPS) is 24.9. The third-order valence-electron chi connectivity index (χ3n) is 3.67. The molecule has 0 aromatic heterocycles.